The lowest BCUT2D eigenvalue weighted by Gasteiger charge is -2.07. The van der Waals surface area contributed by atoms with Gasteiger partial charge in [-0.2, -0.15) is 5.10 Å². The molecule has 0 radical (unpaired) electrons. The van der Waals surface area contributed by atoms with Gasteiger partial charge < -0.3 is 4.42 Å². The second-order valence-corrected chi connectivity index (χ2v) is 4.62. The molecule has 0 fully saturated rings. The van der Waals surface area contributed by atoms with E-state index < -0.39 is 0 Å². The first-order valence-electron chi connectivity index (χ1n) is 6.18. The summed E-state index contributed by atoms with van der Waals surface area (Å²) in [5.74, 6) is 1.63. The van der Waals surface area contributed by atoms with E-state index in [1.807, 2.05) is 24.6 Å². The summed E-state index contributed by atoms with van der Waals surface area (Å²) in [6.07, 6.45) is 3.63. The summed E-state index contributed by atoms with van der Waals surface area (Å²) in [6, 6.07) is 2.21. The summed E-state index contributed by atoms with van der Waals surface area (Å²) >= 11 is 0. The first-order valence-corrected chi connectivity index (χ1v) is 6.18. The number of aryl methyl sites for hydroxylation is 2. The quantitative estimate of drug-likeness (QED) is 0.775. The van der Waals surface area contributed by atoms with Crippen LogP contribution in [0.25, 0.3) is 11.3 Å². The topological polar surface area (TPSA) is 48.0 Å². The van der Waals surface area contributed by atoms with Crippen LogP contribution in [0, 0.1) is 13.8 Å². The third kappa shape index (κ3) is 2.10. The summed E-state index contributed by atoms with van der Waals surface area (Å²) in [5.41, 5.74) is 2.22. The van der Waals surface area contributed by atoms with Crippen molar-refractivity contribution in [2.75, 3.05) is 0 Å². The number of furan rings is 1. The van der Waals surface area contributed by atoms with E-state index in [2.05, 4.69) is 18.9 Å². The Balaban J connectivity index is 2.53. The zero-order chi connectivity index (χ0) is 13.3. The average molecular weight is 246 g/mol. The molecule has 4 nitrogen and oxygen atoms in total. The molecular weight excluding hydrogens is 228 g/mol. The number of aromatic nitrogens is 2. The molecule has 0 aliphatic rings. The monoisotopic (exact) mass is 246 g/mol. The van der Waals surface area contributed by atoms with Gasteiger partial charge in [-0.25, -0.2) is 0 Å². The highest BCUT2D eigenvalue weighted by molar-refractivity contribution is 5.85. The number of rotatable bonds is 4. The van der Waals surface area contributed by atoms with Crippen LogP contribution in [-0.4, -0.2) is 16.1 Å². The van der Waals surface area contributed by atoms with Gasteiger partial charge in [0.15, 0.2) is 6.29 Å². The third-order valence-electron chi connectivity index (χ3n) is 3.23. The van der Waals surface area contributed by atoms with Crippen molar-refractivity contribution >= 4 is 6.29 Å². The van der Waals surface area contributed by atoms with Gasteiger partial charge in [0, 0.05) is 17.8 Å². The number of carbonyl (C=O) groups is 1. The number of hydrogen-bond donors (Lipinski definition) is 0. The summed E-state index contributed by atoms with van der Waals surface area (Å²) in [5, 5.41) is 4.52. The van der Waals surface area contributed by atoms with Crippen LogP contribution >= 0.6 is 0 Å². The summed E-state index contributed by atoms with van der Waals surface area (Å²) in [7, 11) is 0. The minimum Gasteiger partial charge on any atom is -0.466 e. The fourth-order valence-corrected chi connectivity index (χ4v) is 1.98. The Labute approximate surface area is 107 Å². The van der Waals surface area contributed by atoms with Crippen molar-refractivity contribution < 1.29 is 9.21 Å². The highest BCUT2D eigenvalue weighted by atomic mass is 16.3. The van der Waals surface area contributed by atoms with Crippen molar-refractivity contribution in [3.63, 3.8) is 0 Å². The molecule has 0 bridgehead atoms. The molecule has 0 amide bonds. The fraction of sp³-hybridized carbons (Fsp3) is 0.429. The Bertz CT molecular complexity index is 566. The largest absolute Gasteiger partial charge is 0.466 e. The molecule has 0 aliphatic carbocycles. The minimum atomic E-state index is 0.283. The molecule has 2 aromatic heterocycles. The Morgan fingerprint density at radius 1 is 1.50 bits per heavy atom. The standard InChI is InChI=1S/C14H18N2O2/c1-5-9(2)16-7-12(8-17)14(15-16)13-6-10(3)18-11(13)4/h6-9H,5H2,1-4H3. The van der Waals surface area contributed by atoms with E-state index in [0.717, 1.165) is 29.8 Å². The predicted octanol–water partition coefficient (Wildman–Crippen LogP) is 3.54. The number of hydrogen-bond acceptors (Lipinski definition) is 3. The van der Waals surface area contributed by atoms with Crippen LogP contribution in [0.3, 0.4) is 0 Å². The van der Waals surface area contributed by atoms with Gasteiger partial charge in [0.2, 0.25) is 0 Å². The Morgan fingerprint density at radius 2 is 2.22 bits per heavy atom. The molecule has 0 aliphatic heterocycles. The minimum absolute atomic E-state index is 0.283. The molecule has 4 heteroatoms. The molecule has 0 spiro atoms. The highest BCUT2D eigenvalue weighted by Gasteiger charge is 2.17. The molecule has 2 aromatic rings. The van der Waals surface area contributed by atoms with Gasteiger partial charge >= 0.3 is 0 Å². The SMILES string of the molecule is CCC(C)n1cc(C=O)c(-c2cc(C)oc2C)n1. The van der Waals surface area contributed by atoms with Crippen LogP contribution in [0.5, 0.6) is 0 Å². The number of carbonyl (C=O) groups excluding carboxylic acids is 1. The van der Waals surface area contributed by atoms with E-state index in [1.54, 1.807) is 6.20 Å². The summed E-state index contributed by atoms with van der Waals surface area (Å²) in [6.45, 7) is 7.96. The van der Waals surface area contributed by atoms with E-state index in [1.165, 1.54) is 0 Å². The van der Waals surface area contributed by atoms with Crippen LogP contribution < -0.4 is 0 Å². The molecular formula is C14H18N2O2. The number of aldehydes is 1. The Morgan fingerprint density at radius 3 is 2.72 bits per heavy atom. The lowest BCUT2D eigenvalue weighted by atomic mass is 10.1. The van der Waals surface area contributed by atoms with Crippen molar-refractivity contribution in [1.29, 1.82) is 0 Å². The van der Waals surface area contributed by atoms with Crippen LogP contribution in [-0.2, 0) is 0 Å². The van der Waals surface area contributed by atoms with Crippen LogP contribution in [0.4, 0.5) is 0 Å². The van der Waals surface area contributed by atoms with E-state index in [9.17, 15) is 4.79 Å². The van der Waals surface area contributed by atoms with Gasteiger partial charge in [-0.1, -0.05) is 6.92 Å². The maximum Gasteiger partial charge on any atom is 0.153 e. The molecule has 0 saturated heterocycles. The van der Waals surface area contributed by atoms with Crippen molar-refractivity contribution in [3.05, 3.63) is 29.3 Å². The lowest BCUT2D eigenvalue weighted by molar-refractivity contribution is 0.112. The fourth-order valence-electron chi connectivity index (χ4n) is 1.98. The smallest absolute Gasteiger partial charge is 0.153 e. The summed E-state index contributed by atoms with van der Waals surface area (Å²) in [4.78, 5) is 11.2. The molecule has 0 aromatic carbocycles. The maximum absolute atomic E-state index is 11.2. The molecule has 1 atom stereocenters. The van der Waals surface area contributed by atoms with Gasteiger partial charge in [-0.15, -0.1) is 0 Å². The van der Waals surface area contributed by atoms with Gasteiger partial charge in [0.05, 0.1) is 5.56 Å². The van der Waals surface area contributed by atoms with Crippen molar-refractivity contribution in [1.82, 2.24) is 9.78 Å². The second kappa shape index (κ2) is 4.80. The Hall–Kier alpha value is -1.84. The Kier molecular flexibility index (Phi) is 3.36. The molecule has 0 N–H and O–H groups in total. The highest BCUT2D eigenvalue weighted by Crippen LogP contribution is 2.28. The van der Waals surface area contributed by atoms with Gasteiger partial charge in [0.1, 0.15) is 17.2 Å². The molecule has 0 saturated carbocycles. The van der Waals surface area contributed by atoms with E-state index >= 15 is 0 Å². The van der Waals surface area contributed by atoms with Crippen LogP contribution in [0.1, 0.15) is 48.2 Å². The third-order valence-corrected chi connectivity index (χ3v) is 3.23. The summed E-state index contributed by atoms with van der Waals surface area (Å²) < 4.78 is 7.35. The predicted molar refractivity (Wildman–Crippen MR) is 69.8 cm³/mol. The van der Waals surface area contributed by atoms with Crippen molar-refractivity contribution in [2.45, 2.75) is 40.2 Å². The molecule has 2 rings (SSSR count). The lowest BCUT2D eigenvalue weighted by Crippen LogP contribution is -2.04. The second-order valence-electron chi connectivity index (χ2n) is 4.62. The van der Waals surface area contributed by atoms with Gasteiger partial charge in [0.25, 0.3) is 0 Å². The van der Waals surface area contributed by atoms with Crippen LogP contribution in [0.2, 0.25) is 0 Å². The van der Waals surface area contributed by atoms with E-state index in [0.29, 0.717) is 11.3 Å². The first-order chi connectivity index (χ1) is 8.56. The van der Waals surface area contributed by atoms with Gasteiger partial charge in [-0.05, 0) is 33.3 Å². The zero-order valence-electron chi connectivity index (χ0n) is 11.2. The molecule has 2 heterocycles. The number of nitrogens with zero attached hydrogens (tertiary/aromatic N) is 2. The van der Waals surface area contributed by atoms with Gasteiger partial charge in [-0.3, -0.25) is 9.48 Å². The zero-order valence-corrected chi connectivity index (χ0v) is 11.2. The maximum atomic E-state index is 11.2. The average Bonchev–Trinajstić information content (AvgIpc) is 2.91. The van der Waals surface area contributed by atoms with Crippen LogP contribution in [0.15, 0.2) is 16.7 Å². The van der Waals surface area contributed by atoms with Crippen molar-refractivity contribution in [2.24, 2.45) is 0 Å². The van der Waals surface area contributed by atoms with E-state index in [4.69, 9.17) is 4.42 Å². The first kappa shape index (κ1) is 12.6. The molecule has 1 unspecified atom stereocenters. The normalized spacial score (nSPS) is 12.7. The molecule has 96 valence electrons. The van der Waals surface area contributed by atoms with Crippen molar-refractivity contribution in [3.8, 4) is 11.3 Å². The van der Waals surface area contributed by atoms with E-state index in [-0.39, 0.29) is 6.04 Å². The molecule has 18 heavy (non-hydrogen) atoms.